The second-order valence-electron chi connectivity index (χ2n) is 11.5. The Morgan fingerprint density at radius 1 is 1.08 bits per heavy atom. The van der Waals surface area contributed by atoms with Gasteiger partial charge in [-0.3, -0.25) is 9.69 Å². The van der Waals surface area contributed by atoms with Crippen LogP contribution in [-0.4, -0.2) is 69.8 Å². The molecule has 2 aromatic rings. The van der Waals surface area contributed by atoms with Gasteiger partial charge in [-0.2, -0.15) is 11.8 Å². The smallest absolute Gasteiger partial charge is 0.407 e. The van der Waals surface area contributed by atoms with Gasteiger partial charge in [-0.1, -0.05) is 60.7 Å². The maximum absolute atomic E-state index is 13.3. The van der Waals surface area contributed by atoms with Gasteiger partial charge in [0.15, 0.2) is 0 Å². The highest BCUT2D eigenvalue weighted by molar-refractivity contribution is 8.00. The summed E-state index contributed by atoms with van der Waals surface area (Å²) >= 11 is 1.96. The van der Waals surface area contributed by atoms with Gasteiger partial charge in [0, 0.05) is 23.9 Å². The highest BCUT2D eigenvalue weighted by Gasteiger charge is 2.43. The largest absolute Gasteiger partial charge is 0.445 e. The summed E-state index contributed by atoms with van der Waals surface area (Å²) in [5.74, 6) is 1.64. The van der Waals surface area contributed by atoms with Crippen LogP contribution < -0.4 is 10.6 Å². The minimum absolute atomic E-state index is 0.00508. The highest BCUT2D eigenvalue weighted by Crippen LogP contribution is 2.40. The zero-order valence-electron chi connectivity index (χ0n) is 22.6. The van der Waals surface area contributed by atoms with Gasteiger partial charge < -0.3 is 20.5 Å². The Labute approximate surface area is 230 Å². The Bertz CT molecular complexity index is 1050. The van der Waals surface area contributed by atoms with Crippen LogP contribution in [0, 0.1) is 5.92 Å². The number of benzene rings is 2. The van der Waals surface area contributed by atoms with Crippen LogP contribution >= 0.6 is 11.8 Å². The van der Waals surface area contributed by atoms with Crippen molar-refractivity contribution in [3.05, 3.63) is 71.8 Å². The molecule has 2 fully saturated rings. The Balaban J connectivity index is 1.46. The van der Waals surface area contributed by atoms with Crippen LogP contribution in [0.15, 0.2) is 60.7 Å². The predicted molar refractivity (Wildman–Crippen MR) is 152 cm³/mol. The fraction of sp³-hybridized carbons (Fsp3) is 0.533. The average molecular weight is 540 g/mol. The number of carbonyl (C=O) groups excluding carboxylic acids is 2. The maximum Gasteiger partial charge on any atom is 0.407 e. The van der Waals surface area contributed by atoms with Gasteiger partial charge >= 0.3 is 6.09 Å². The molecular weight excluding hydrogens is 498 g/mol. The molecule has 206 valence electrons. The molecule has 38 heavy (non-hydrogen) atoms. The van der Waals surface area contributed by atoms with E-state index >= 15 is 0 Å². The summed E-state index contributed by atoms with van der Waals surface area (Å²) < 4.78 is 5.47. The minimum Gasteiger partial charge on any atom is -0.445 e. The number of carbonyl (C=O) groups is 2. The second kappa shape index (κ2) is 13.0. The summed E-state index contributed by atoms with van der Waals surface area (Å²) in [6, 6.07) is 18.4. The molecule has 2 saturated heterocycles. The van der Waals surface area contributed by atoms with Crippen LogP contribution in [0.4, 0.5) is 4.79 Å². The number of ether oxygens (including phenoxy) is 1. The third-order valence-corrected chi connectivity index (χ3v) is 8.69. The molecule has 2 amide bonds. The van der Waals surface area contributed by atoms with E-state index in [1.54, 1.807) is 0 Å². The van der Waals surface area contributed by atoms with Crippen molar-refractivity contribution < 1.29 is 19.4 Å². The van der Waals surface area contributed by atoms with E-state index in [-0.39, 0.29) is 24.1 Å². The number of rotatable bonds is 9. The molecule has 8 heteroatoms. The fourth-order valence-corrected chi connectivity index (χ4v) is 6.88. The van der Waals surface area contributed by atoms with Crippen molar-refractivity contribution in [3.63, 3.8) is 0 Å². The number of amides is 2. The molecule has 0 radical (unpaired) electrons. The molecule has 0 spiro atoms. The molecule has 4 rings (SSSR count). The summed E-state index contributed by atoms with van der Waals surface area (Å²) in [5.41, 5.74) is 1.57. The Kier molecular flexibility index (Phi) is 9.74. The van der Waals surface area contributed by atoms with Crippen LogP contribution in [0.3, 0.4) is 0 Å². The average Bonchev–Trinajstić information content (AvgIpc) is 3.34. The van der Waals surface area contributed by atoms with E-state index in [0.717, 1.165) is 36.3 Å². The van der Waals surface area contributed by atoms with E-state index in [1.807, 2.05) is 93.2 Å². The number of thioether (sulfide) groups is 1. The topological polar surface area (TPSA) is 90.9 Å². The lowest BCUT2D eigenvalue weighted by atomic mass is 9.89. The Morgan fingerprint density at radius 3 is 2.39 bits per heavy atom. The van der Waals surface area contributed by atoms with E-state index < -0.39 is 18.2 Å². The number of likely N-dealkylation sites (tertiary alicyclic amines) is 1. The third kappa shape index (κ3) is 8.22. The predicted octanol–water partition coefficient (Wildman–Crippen LogP) is 4.00. The van der Waals surface area contributed by atoms with Gasteiger partial charge in [-0.15, -0.1) is 0 Å². The summed E-state index contributed by atoms with van der Waals surface area (Å²) in [6.07, 6.45) is 0.918. The van der Waals surface area contributed by atoms with Crippen molar-refractivity contribution >= 4 is 23.8 Å². The number of fused-ring (bicyclic) bond motifs is 1. The lowest BCUT2D eigenvalue weighted by Gasteiger charge is -2.43. The van der Waals surface area contributed by atoms with E-state index in [2.05, 4.69) is 15.5 Å². The number of nitrogens with zero attached hydrogens (tertiary/aromatic N) is 1. The number of nitrogens with one attached hydrogen (secondary N) is 2. The van der Waals surface area contributed by atoms with Crippen LogP contribution in [0.5, 0.6) is 0 Å². The second-order valence-corrected chi connectivity index (χ2v) is 12.8. The SMILES string of the molecule is CC(C)(C)NC(=O)C1C[C@@H]2SCC[C@@H]2CN1CC(O)C(Cc1ccccc1)NC(=O)OCc1ccccc1. The normalized spacial score (nSPS) is 23.2. The number of β-amino-alcohol motifs (C(OH)–C–C–N with tert-alkyl or cyclic N) is 1. The quantitative estimate of drug-likeness (QED) is 0.446. The number of hydrogen-bond donors (Lipinski definition) is 3. The number of aliphatic hydroxyl groups is 1. The number of hydrogen-bond acceptors (Lipinski definition) is 6. The van der Waals surface area contributed by atoms with Crippen LogP contribution in [0.2, 0.25) is 0 Å². The standard InChI is InChI=1S/C30H41N3O4S/c1-30(2,3)32-28(35)25-17-27-23(14-15-38-27)18-33(25)19-26(34)24(16-21-10-6-4-7-11-21)31-29(36)37-20-22-12-8-5-9-13-22/h4-13,23-27,34H,14-20H2,1-3H3,(H,31,36)(H,32,35)/t23-,24?,25?,26?,27+/m1/s1. The minimum atomic E-state index is -0.880. The van der Waals surface area contributed by atoms with Gasteiger partial charge in [0.2, 0.25) is 5.91 Å². The fourth-order valence-electron chi connectivity index (χ4n) is 5.32. The van der Waals surface area contributed by atoms with E-state index in [1.165, 1.54) is 0 Å². The number of aliphatic hydroxyl groups excluding tert-OH is 1. The third-order valence-electron chi connectivity index (χ3n) is 7.21. The molecule has 2 aliphatic heterocycles. The van der Waals surface area contributed by atoms with Crippen molar-refractivity contribution in [2.75, 3.05) is 18.8 Å². The van der Waals surface area contributed by atoms with Gasteiger partial charge in [-0.25, -0.2) is 4.79 Å². The molecular formula is C30H41N3O4S. The van der Waals surface area contributed by atoms with E-state index in [0.29, 0.717) is 24.1 Å². The lowest BCUT2D eigenvalue weighted by molar-refractivity contribution is -0.130. The highest BCUT2D eigenvalue weighted by atomic mass is 32.2. The first-order valence-corrected chi connectivity index (χ1v) is 14.6. The van der Waals surface area contributed by atoms with E-state index in [4.69, 9.17) is 4.74 Å². The molecule has 0 saturated carbocycles. The Hall–Kier alpha value is -2.55. The molecule has 2 aliphatic rings. The molecule has 2 aromatic carbocycles. The first kappa shape index (κ1) is 28.5. The molecule has 7 nitrogen and oxygen atoms in total. The first-order chi connectivity index (χ1) is 18.2. The molecule has 5 atom stereocenters. The first-order valence-electron chi connectivity index (χ1n) is 13.5. The zero-order valence-corrected chi connectivity index (χ0v) is 23.5. The summed E-state index contributed by atoms with van der Waals surface area (Å²) in [6.45, 7) is 7.19. The molecule has 0 aliphatic carbocycles. The van der Waals surface area contributed by atoms with Crippen molar-refractivity contribution in [2.45, 2.75) is 75.6 Å². The van der Waals surface area contributed by atoms with E-state index in [9.17, 15) is 14.7 Å². The van der Waals surface area contributed by atoms with Crippen molar-refractivity contribution in [1.29, 1.82) is 0 Å². The molecule has 2 heterocycles. The van der Waals surface area contributed by atoms with Crippen LogP contribution in [0.1, 0.15) is 44.7 Å². The van der Waals surface area contributed by atoms with Gasteiger partial charge in [0.25, 0.3) is 0 Å². The number of piperidine rings is 1. The van der Waals surface area contributed by atoms with Crippen molar-refractivity contribution in [1.82, 2.24) is 15.5 Å². The maximum atomic E-state index is 13.3. The van der Waals surface area contributed by atoms with Gasteiger partial charge in [0.05, 0.1) is 18.2 Å². The summed E-state index contributed by atoms with van der Waals surface area (Å²) in [5, 5.41) is 18.0. The summed E-state index contributed by atoms with van der Waals surface area (Å²) in [4.78, 5) is 28.2. The molecule has 0 bridgehead atoms. The summed E-state index contributed by atoms with van der Waals surface area (Å²) in [7, 11) is 0. The monoisotopic (exact) mass is 539 g/mol. The molecule has 3 N–H and O–H groups in total. The van der Waals surface area contributed by atoms with Crippen molar-refractivity contribution in [2.24, 2.45) is 5.92 Å². The van der Waals surface area contributed by atoms with Gasteiger partial charge in [0.1, 0.15) is 6.61 Å². The van der Waals surface area contributed by atoms with Crippen molar-refractivity contribution in [3.8, 4) is 0 Å². The Morgan fingerprint density at radius 2 is 1.74 bits per heavy atom. The zero-order chi connectivity index (χ0) is 27.1. The van der Waals surface area contributed by atoms with Gasteiger partial charge in [-0.05, 0) is 62.8 Å². The van der Waals surface area contributed by atoms with Crippen LogP contribution in [-0.2, 0) is 22.6 Å². The van der Waals surface area contributed by atoms with Crippen LogP contribution in [0.25, 0.3) is 0 Å². The molecule has 0 aromatic heterocycles. The number of alkyl carbamates (subject to hydrolysis) is 1. The lowest BCUT2D eigenvalue weighted by Crippen LogP contribution is -2.60. The molecule has 3 unspecified atom stereocenters.